The Labute approximate surface area is 114 Å². The summed E-state index contributed by atoms with van der Waals surface area (Å²) in [5, 5.41) is 7.05. The van der Waals surface area contributed by atoms with Crippen molar-refractivity contribution >= 4 is 5.91 Å². The lowest BCUT2D eigenvalue weighted by Crippen LogP contribution is -2.43. The summed E-state index contributed by atoms with van der Waals surface area (Å²) in [5.41, 5.74) is 0.806. The molecule has 1 aliphatic heterocycles. The van der Waals surface area contributed by atoms with Gasteiger partial charge in [-0.25, -0.2) is 0 Å². The van der Waals surface area contributed by atoms with E-state index in [1.807, 2.05) is 25.7 Å². The second-order valence-corrected chi connectivity index (χ2v) is 5.58. The molecule has 0 bridgehead atoms. The Morgan fingerprint density at radius 1 is 1.53 bits per heavy atom. The van der Waals surface area contributed by atoms with Crippen LogP contribution in [0.15, 0.2) is 10.7 Å². The summed E-state index contributed by atoms with van der Waals surface area (Å²) in [4.78, 5) is 14.4. The van der Waals surface area contributed by atoms with Gasteiger partial charge in [0.1, 0.15) is 0 Å². The third-order valence-electron chi connectivity index (χ3n) is 3.74. The molecule has 0 saturated carbocycles. The molecule has 106 valence electrons. The van der Waals surface area contributed by atoms with Crippen molar-refractivity contribution in [1.29, 1.82) is 0 Å². The summed E-state index contributed by atoms with van der Waals surface area (Å²) >= 11 is 0. The molecule has 1 N–H and O–H groups in total. The molecule has 0 spiro atoms. The van der Waals surface area contributed by atoms with Crippen LogP contribution in [-0.2, 0) is 0 Å². The highest BCUT2D eigenvalue weighted by molar-refractivity contribution is 5.92. The Hall–Kier alpha value is -1.36. The van der Waals surface area contributed by atoms with Gasteiger partial charge in [0.15, 0.2) is 0 Å². The van der Waals surface area contributed by atoms with E-state index in [2.05, 4.69) is 10.5 Å². The van der Waals surface area contributed by atoms with Gasteiger partial charge in [0.2, 0.25) is 5.76 Å². The lowest BCUT2D eigenvalue weighted by molar-refractivity contribution is 0.0615. The smallest absolute Gasteiger partial charge is 0.292 e. The second kappa shape index (κ2) is 6.19. The van der Waals surface area contributed by atoms with E-state index in [-0.39, 0.29) is 11.9 Å². The van der Waals surface area contributed by atoms with Crippen LogP contribution in [0.4, 0.5) is 0 Å². The predicted molar refractivity (Wildman–Crippen MR) is 73.0 cm³/mol. The van der Waals surface area contributed by atoms with Crippen molar-refractivity contribution in [2.75, 3.05) is 19.6 Å². The maximum Gasteiger partial charge on any atom is 0.292 e. The summed E-state index contributed by atoms with van der Waals surface area (Å²) < 4.78 is 5.09. The number of piperidine rings is 1. The normalized spacial score (nSPS) is 16.8. The first-order valence-electron chi connectivity index (χ1n) is 7.02. The highest BCUT2D eigenvalue weighted by Gasteiger charge is 2.27. The molecule has 1 aromatic heterocycles. The SMILES string of the molecule is Cc1cnoc1C(=O)N(CC1CCNCC1)C(C)C. The van der Waals surface area contributed by atoms with Crippen LogP contribution >= 0.6 is 0 Å². The van der Waals surface area contributed by atoms with Gasteiger partial charge in [0.25, 0.3) is 5.91 Å². The minimum atomic E-state index is -0.0384. The Balaban J connectivity index is 2.07. The van der Waals surface area contributed by atoms with Crippen molar-refractivity contribution in [2.45, 2.75) is 39.7 Å². The van der Waals surface area contributed by atoms with Gasteiger partial charge in [-0.05, 0) is 52.6 Å². The molecule has 5 heteroatoms. The van der Waals surface area contributed by atoms with Crippen LogP contribution in [-0.4, -0.2) is 41.6 Å². The molecule has 0 aliphatic carbocycles. The number of nitrogens with one attached hydrogen (secondary N) is 1. The van der Waals surface area contributed by atoms with E-state index in [1.54, 1.807) is 6.20 Å². The second-order valence-electron chi connectivity index (χ2n) is 5.58. The molecule has 0 aromatic carbocycles. The standard InChI is InChI=1S/C14H23N3O2/c1-10(2)17(9-12-4-6-15-7-5-12)14(18)13-11(3)8-16-19-13/h8,10,12,15H,4-7,9H2,1-3H3. The third kappa shape index (κ3) is 3.35. The molecule has 2 heterocycles. The fourth-order valence-corrected chi connectivity index (χ4v) is 2.50. The molecule has 1 amide bonds. The van der Waals surface area contributed by atoms with Crippen LogP contribution in [0.1, 0.15) is 42.8 Å². The molecule has 0 atom stereocenters. The van der Waals surface area contributed by atoms with Crippen molar-refractivity contribution in [3.05, 3.63) is 17.5 Å². The summed E-state index contributed by atoms with van der Waals surface area (Å²) in [6, 6.07) is 0.173. The average Bonchev–Trinajstić information content (AvgIpc) is 2.82. The molecule has 0 unspecified atom stereocenters. The van der Waals surface area contributed by atoms with Crippen LogP contribution < -0.4 is 5.32 Å². The zero-order valence-corrected chi connectivity index (χ0v) is 12.0. The van der Waals surface area contributed by atoms with Gasteiger partial charge in [-0.1, -0.05) is 5.16 Å². The number of aryl methyl sites for hydroxylation is 1. The molecule has 0 radical (unpaired) electrons. The monoisotopic (exact) mass is 265 g/mol. The molecule has 1 aliphatic rings. The lowest BCUT2D eigenvalue weighted by atomic mass is 9.97. The van der Waals surface area contributed by atoms with Gasteiger partial charge in [0, 0.05) is 18.2 Å². The number of carbonyl (C=O) groups excluding carboxylic acids is 1. The minimum absolute atomic E-state index is 0.0384. The van der Waals surface area contributed by atoms with Gasteiger partial charge >= 0.3 is 0 Å². The van der Waals surface area contributed by atoms with E-state index in [4.69, 9.17) is 4.52 Å². The van der Waals surface area contributed by atoms with Crippen molar-refractivity contribution < 1.29 is 9.32 Å². The first-order chi connectivity index (χ1) is 9.09. The lowest BCUT2D eigenvalue weighted by Gasteiger charge is -2.32. The predicted octanol–water partition coefficient (Wildman–Crippen LogP) is 1.83. The van der Waals surface area contributed by atoms with Gasteiger partial charge in [-0.2, -0.15) is 0 Å². The molecular weight excluding hydrogens is 242 g/mol. The van der Waals surface area contributed by atoms with Crippen molar-refractivity contribution in [2.24, 2.45) is 5.92 Å². The summed E-state index contributed by atoms with van der Waals surface area (Å²) in [6.45, 7) is 8.85. The number of rotatable bonds is 4. The first kappa shape index (κ1) is 14.1. The number of nitrogens with zero attached hydrogens (tertiary/aromatic N) is 2. The minimum Gasteiger partial charge on any atom is -0.351 e. The Bertz CT molecular complexity index is 422. The van der Waals surface area contributed by atoms with Gasteiger partial charge in [0.05, 0.1) is 6.20 Å². The van der Waals surface area contributed by atoms with E-state index < -0.39 is 0 Å². The van der Waals surface area contributed by atoms with Crippen molar-refractivity contribution in [1.82, 2.24) is 15.4 Å². The van der Waals surface area contributed by atoms with Crippen LogP contribution in [0.3, 0.4) is 0 Å². The fourth-order valence-electron chi connectivity index (χ4n) is 2.50. The molecular formula is C14H23N3O2. The Morgan fingerprint density at radius 2 is 2.21 bits per heavy atom. The molecule has 5 nitrogen and oxygen atoms in total. The van der Waals surface area contributed by atoms with E-state index in [9.17, 15) is 4.79 Å². The van der Waals surface area contributed by atoms with E-state index in [0.717, 1.165) is 38.0 Å². The van der Waals surface area contributed by atoms with E-state index in [0.29, 0.717) is 11.7 Å². The number of hydrogen-bond donors (Lipinski definition) is 1. The summed E-state index contributed by atoms with van der Waals surface area (Å²) in [7, 11) is 0. The van der Waals surface area contributed by atoms with Gasteiger partial charge < -0.3 is 14.7 Å². The van der Waals surface area contributed by atoms with E-state index in [1.165, 1.54) is 0 Å². The van der Waals surface area contributed by atoms with Crippen LogP contribution in [0.5, 0.6) is 0 Å². The summed E-state index contributed by atoms with van der Waals surface area (Å²) in [6.07, 6.45) is 3.86. The highest BCUT2D eigenvalue weighted by Crippen LogP contribution is 2.18. The van der Waals surface area contributed by atoms with Crippen molar-refractivity contribution in [3.63, 3.8) is 0 Å². The number of aromatic nitrogens is 1. The zero-order valence-electron chi connectivity index (χ0n) is 12.0. The summed E-state index contributed by atoms with van der Waals surface area (Å²) in [5.74, 6) is 0.919. The fraction of sp³-hybridized carbons (Fsp3) is 0.714. The van der Waals surface area contributed by atoms with Gasteiger partial charge in [-0.3, -0.25) is 4.79 Å². The number of hydrogen-bond acceptors (Lipinski definition) is 4. The molecule has 2 rings (SSSR count). The quantitative estimate of drug-likeness (QED) is 0.902. The van der Waals surface area contributed by atoms with Crippen LogP contribution in [0, 0.1) is 12.8 Å². The van der Waals surface area contributed by atoms with Crippen LogP contribution in [0.25, 0.3) is 0 Å². The first-order valence-corrected chi connectivity index (χ1v) is 7.02. The van der Waals surface area contributed by atoms with Crippen molar-refractivity contribution in [3.8, 4) is 0 Å². The highest BCUT2D eigenvalue weighted by atomic mass is 16.5. The zero-order chi connectivity index (χ0) is 13.8. The Kier molecular flexibility index (Phi) is 4.58. The third-order valence-corrected chi connectivity index (χ3v) is 3.74. The largest absolute Gasteiger partial charge is 0.351 e. The maximum atomic E-state index is 12.5. The molecule has 1 fully saturated rings. The average molecular weight is 265 g/mol. The van der Waals surface area contributed by atoms with Crippen LogP contribution in [0.2, 0.25) is 0 Å². The molecule has 19 heavy (non-hydrogen) atoms. The maximum absolute atomic E-state index is 12.5. The van der Waals surface area contributed by atoms with Gasteiger partial charge in [-0.15, -0.1) is 0 Å². The molecule has 1 aromatic rings. The number of amides is 1. The van der Waals surface area contributed by atoms with E-state index >= 15 is 0 Å². The number of carbonyl (C=O) groups is 1. The Morgan fingerprint density at radius 3 is 2.74 bits per heavy atom. The molecule has 1 saturated heterocycles. The topological polar surface area (TPSA) is 58.4 Å².